The first-order valence-electron chi connectivity index (χ1n) is 8.51. The van der Waals surface area contributed by atoms with Crippen LogP contribution in [0.3, 0.4) is 0 Å². The molecule has 1 fully saturated rings. The fourth-order valence-electron chi connectivity index (χ4n) is 3.13. The number of fused-ring (bicyclic) bond motifs is 1. The molecule has 0 atom stereocenters. The molecular weight excluding hydrogens is 370 g/mol. The summed E-state index contributed by atoms with van der Waals surface area (Å²) in [7, 11) is -2.11. The molecule has 0 saturated carbocycles. The first-order valence-corrected chi connectivity index (χ1v) is 9.95. The highest BCUT2D eigenvalue weighted by molar-refractivity contribution is 7.89. The van der Waals surface area contributed by atoms with Crippen LogP contribution >= 0.6 is 0 Å². The Balaban J connectivity index is 1.56. The number of nitrogens with zero attached hydrogens (tertiary/aromatic N) is 5. The number of hydrogen-bond acceptors (Lipinski definition) is 7. The predicted octanol–water partition coefficient (Wildman–Crippen LogP) is 0.741. The van der Waals surface area contributed by atoms with Crippen LogP contribution in [0, 0.1) is 6.92 Å². The summed E-state index contributed by atoms with van der Waals surface area (Å²) < 4.78 is 33.8. The van der Waals surface area contributed by atoms with E-state index in [4.69, 9.17) is 4.42 Å². The second kappa shape index (κ2) is 6.46. The molecule has 3 heterocycles. The number of aryl methyl sites for hydroxylation is 2. The minimum atomic E-state index is -3.66. The van der Waals surface area contributed by atoms with Gasteiger partial charge in [0.05, 0.1) is 16.1 Å². The summed E-state index contributed by atoms with van der Waals surface area (Å²) in [5, 5.41) is 8.21. The lowest BCUT2D eigenvalue weighted by molar-refractivity contribution is 0.383. The van der Waals surface area contributed by atoms with Crippen LogP contribution in [0.25, 0.3) is 11.1 Å². The summed E-state index contributed by atoms with van der Waals surface area (Å²) in [4.78, 5) is 13.8. The first kappa shape index (κ1) is 17.7. The monoisotopic (exact) mass is 389 g/mol. The van der Waals surface area contributed by atoms with Gasteiger partial charge in [0.15, 0.2) is 11.4 Å². The van der Waals surface area contributed by atoms with E-state index in [9.17, 15) is 13.2 Å². The van der Waals surface area contributed by atoms with Crippen LogP contribution in [0.5, 0.6) is 0 Å². The van der Waals surface area contributed by atoms with Gasteiger partial charge in [-0.2, -0.15) is 9.40 Å². The fourth-order valence-corrected chi connectivity index (χ4v) is 4.58. The Kier molecular flexibility index (Phi) is 4.23. The van der Waals surface area contributed by atoms with E-state index in [0.29, 0.717) is 37.3 Å². The third kappa shape index (κ3) is 3.10. The van der Waals surface area contributed by atoms with Crippen molar-refractivity contribution in [1.29, 1.82) is 0 Å². The van der Waals surface area contributed by atoms with E-state index < -0.39 is 15.8 Å². The molecule has 0 unspecified atom stereocenters. The molecule has 0 radical (unpaired) electrons. The number of hydrogen-bond donors (Lipinski definition) is 0. The van der Waals surface area contributed by atoms with Crippen LogP contribution in [0.4, 0.5) is 5.82 Å². The molecule has 1 aliphatic heterocycles. The van der Waals surface area contributed by atoms with Gasteiger partial charge in [-0.1, -0.05) is 0 Å². The van der Waals surface area contributed by atoms with Gasteiger partial charge >= 0.3 is 5.76 Å². The van der Waals surface area contributed by atoms with E-state index in [1.54, 1.807) is 7.05 Å². The van der Waals surface area contributed by atoms with Crippen molar-refractivity contribution in [2.75, 3.05) is 31.1 Å². The minimum Gasteiger partial charge on any atom is -0.408 e. The lowest BCUT2D eigenvalue weighted by Crippen LogP contribution is -2.49. The maximum absolute atomic E-state index is 13.0. The first-order chi connectivity index (χ1) is 12.9. The summed E-state index contributed by atoms with van der Waals surface area (Å²) in [5.41, 5.74) is 1.66. The number of sulfonamides is 1. The molecule has 3 aromatic rings. The van der Waals surface area contributed by atoms with Crippen molar-refractivity contribution in [2.45, 2.75) is 11.8 Å². The quantitative estimate of drug-likeness (QED) is 0.651. The number of aromatic nitrogens is 3. The summed E-state index contributed by atoms with van der Waals surface area (Å²) in [6, 6.07) is 8.24. The summed E-state index contributed by atoms with van der Waals surface area (Å²) >= 11 is 0. The SMILES string of the molecule is Cc1ccc(N2CCN(S(=O)(=O)c3ccc4oc(=O)n(C)c4c3)CC2)nn1. The van der Waals surface area contributed by atoms with Gasteiger partial charge in [0.1, 0.15) is 0 Å². The normalized spacial score (nSPS) is 16.1. The van der Waals surface area contributed by atoms with Crippen molar-refractivity contribution in [3.8, 4) is 0 Å². The molecule has 1 aliphatic rings. The Morgan fingerprint density at radius 2 is 1.78 bits per heavy atom. The number of piperazine rings is 1. The maximum Gasteiger partial charge on any atom is 0.419 e. The molecule has 0 spiro atoms. The van der Waals surface area contributed by atoms with Crippen LogP contribution in [-0.2, 0) is 17.1 Å². The number of oxazole rings is 1. The van der Waals surface area contributed by atoms with E-state index in [1.165, 1.54) is 27.1 Å². The molecule has 1 saturated heterocycles. The van der Waals surface area contributed by atoms with E-state index >= 15 is 0 Å². The van der Waals surface area contributed by atoms with Crippen molar-refractivity contribution >= 4 is 26.9 Å². The van der Waals surface area contributed by atoms with Crippen LogP contribution in [0.1, 0.15) is 5.69 Å². The topological polar surface area (TPSA) is 102 Å². The number of anilines is 1. The van der Waals surface area contributed by atoms with Gasteiger partial charge in [-0.15, -0.1) is 5.10 Å². The van der Waals surface area contributed by atoms with E-state index in [0.717, 1.165) is 11.5 Å². The van der Waals surface area contributed by atoms with Gasteiger partial charge in [-0.05, 0) is 37.3 Å². The second-order valence-corrected chi connectivity index (χ2v) is 8.42. The van der Waals surface area contributed by atoms with Crippen molar-refractivity contribution in [1.82, 2.24) is 19.1 Å². The Bertz CT molecular complexity index is 1140. The largest absolute Gasteiger partial charge is 0.419 e. The van der Waals surface area contributed by atoms with Gasteiger partial charge in [-0.3, -0.25) is 4.57 Å². The third-order valence-corrected chi connectivity index (χ3v) is 6.64. The molecule has 0 bridgehead atoms. The molecule has 0 N–H and O–H groups in total. The molecule has 142 valence electrons. The molecule has 10 heteroatoms. The highest BCUT2D eigenvalue weighted by Gasteiger charge is 2.29. The molecule has 27 heavy (non-hydrogen) atoms. The summed E-state index contributed by atoms with van der Waals surface area (Å²) in [5.74, 6) is 0.222. The Morgan fingerprint density at radius 3 is 2.44 bits per heavy atom. The smallest absolute Gasteiger partial charge is 0.408 e. The highest BCUT2D eigenvalue weighted by Crippen LogP contribution is 2.23. The van der Waals surface area contributed by atoms with Gasteiger partial charge in [0.25, 0.3) is 0 Å². The molecule has 1 aromatic carbocycles. The fraction of sp³-hybridized carbons (Fsp3) is 0.353. The molecule has 9 nitrogen and oxygen atoms in total. The predicted molar refractivity (Wildman–Crippen MR) is 99.2 cm³/mol. The van der Waals surface area contributed by atoms with Crippen molar-refractivity contribution in [3.05, 3.63) is 46.6 Å². The number of benzene rings is 1. The zero-order chi connectivity index (χ0) is 19.2. The third-order valence-electron chi connectivity index (χ3n) is 4.75. The molecule has 2 aromatic heterocycles. The van der Waals surface area contributed by atoms with E-state index in [1.807, 2.05) is 24.0 Å². The average molecular weight is 389 g/mol. The highest BCUT2D eigenvalue weighted by atomic mass is 32.2. The zero-order valence-corrected chi connectivity index (χ0v) is 15.8. The lowest BCUT2D eigenvalue weighted by atomic mass is 10.3. The van der Waals surface area contributed by atoms with Crippen LogP contribution in [-0.4, -0.2) is 53.7 Å². The molecule has 0 amide bonds. The Labute approximate surface area is 155 Å². The van der Waals surface area contributed by atoms with Gasteiger partial charge < -0.3 is 9.32 Å². The summed E-state index contributed by atoms with van der Waals surface area (Å²) in [6.07, 6.45) is 0. The maximum atomic E-state index is 13.0. The van der Waals surface area contributed by atoms with Gasteiger partial charge in [0, 0.05) is 33.2 Å². The number of rotatable bonds is 3. The summed E-state index contributed by atoms with van der Waals surface area (Å²) in [6.45, 7) is 3.63. The van der Waals surface area contributed by atoms with Gasteiger partial charge in [0.2, 0.25) is 10.0 Å². The van der Waals surface area contributed by atoms with E-state index in [2.05, 4.69) is 10.2 Å². The lowest BCUT2D eigenvalue weighted by Gasteiger charge is -2.34. The standard InChI is InChI=1S/C17H19N5O4S/c1-12-3-6-16(19-18-12)21-7-9-22(10-8-21)27(24,25)13-4-5-15-14(11-13)20(2)17(23)26-15/h3-6,11H,7-10H2,1-2H3. The molecule has 0 aliphatic carbocycles. The average Bonchev–Trinajstić information content (AvgIpc) is 2.96. The van der Waals surface area contributed by atoms with Crippen LogP contribution in [0.15, 0.2) is 44.4 Å². The minimum absolute atomic E-state index is 0.148. The van der Waals surface area contributed by atoms with Crippen LogP contribution < -0.4 is 10.7 Å². The van der Waals surface area contributed by atoms with E-state index in [-0.39, 0.29) is 4.90 Å². The van der Waals surface area contributed by atoms with Crippen molar-refractivity contribution < 1.29 is 12.8 Å². The Hall–Kier alpha value is -2.72. The molecular formula is C17H19N5O4S. The zero-order valence-electron chi connectivity index (χ0n) is 15.0. The van der Waals surface area contributed by atoms with Crippen molar-refractivity contribution in [2.24, 2.45) is 7.05 Å². The second-order valence-electron chi connectivity index (χ2n) is 6.48. The Morgan fingerprint density at radius 1 is 1.04 bits per heavy atom. The van der Waals surface area contributed by atoms with Crippen LogP contribution in [0.2, 0.25) is 0 Å². The molecule has 4 rings (SSSR count). The van der Waals surface area contributed by atoms with Crippen molar-refractivity contribution in [3.63, 3.8) is 0 Å². The van der Waals surface area contributed by atoms with Gasteiger partial charge in [-0.25, -0.2) is 13.2 Å².